The van der Waals surface area contributed by atoms with Crippen LogP contribution in [0.15, 0.2) is 0 Å². The summed E-state index contributed by atoms with van der Waals surface area (Å²) in [6, 6.07) is 0. The molecule has 0 bridgehead atoms. The minimum Gasteiger partial charge on any atom is -0.368 e. The molecule has 1 rings (SSSR count). The van der Waals surface area contributed by atoms with Crippen LogP contribution in [-0.4, -0.2) is 31.7 Å². The van der Waals surface area contributed by atoms with Crippen LogP contribution in [0.3, 0.4) is 0 Å². The molecule has 0 aromatic rings. The fraction of sp³-hybridized carbons (Fsp3) is 0.933. The summed E-state index contributed by atoms with van der Waals surface area (Å²) in [5.41, 5.74) is 5.81. The second-order valence-corrected chi connectivity index (χ2v) is 5.66. The number of nitrogens with one attached hydrogen (secondary N) is 1. The van der Waals surface area contributed by atoms with Gasteiger partial charge in [-0.1, -0.05) is 26.2 Å². The van der Waals surface area contributed by atoms with Crippen LogP contribution in [0, 0.1) is 11.8 Å². The van der Waals surface area contributed by atoms with Gasteiger partial charge in [-0.05, 0) is 44.6 Å². The maximum Gasteiger partial charge on any atom is 0.248 e. The monoisotopic (exact) mass is 270 g/mol. The molecule has 0 aromatic carbocycles. The van der Waals surface area contributed by atoms with Crippen molar-refractivity contribution < 1.29 is 9.53 Å². The predicted molar refractivity (Wildman–Crippen MR) is 77.8 cm³/mol. The van der Waals surface area contributed by atoms with E-state index in [1.165, 1.54) is 25.7 Å². The van der Waals surface area contributed by atoms with Crippen LogP contribution in [0.25, 0.3) is 0 Å². The summed E-state index contributed by atoms with van der Waals surface area (Å²) in [5, 5.41) is 2.91. The average Bonchev–Trinajstić information content (AvgIpc) is 2.45. The lowest BCUT2D eigenvalue weighted by atomic mass is 9.80. The zero-order chi connectivity index (χ0) is 14.1. The van der Waals surface area contributed by atoms with Crippen LogP contribution in [0.5, 0.6) is 0 Å². The van der Waals surface area contributed by atoms with E-state index in [4.69, 9.17) is 10.5 Å². The summed E-state index contributed by atoms with van der Waals surface area (Å²) in [7, 11) is 0. The molecule has 3 N–H and O–H groups in total. The van der Waals surface area contributed by atoms with Gasteiger partial charge in [-0.2, -0.15) is 0 Å². The Labute approximate surface area is 117 Å². The first-order valence-electron chi connectivity index (χ1n) is 7.78. The first-order chi connectivity index (χ1) is 9.19. The molecule has 3 atom stereocenters. The molecular weight excluding hydrogens is 240 g/mol. The van der Waals surface area contributed by atoms with Crippen molar-refractivity contribution in [1.29, 1.82) is 0 Å². The van der Waals surface area contributed by atoms with Crippen LogP contribution < -0.4 is 11.1 Å². The minimum absolute atomic E-state index is 0.00792. The molecule has 1 amide bonds. The largest absolute Gasteiger partial charge is 0.368 e. The van der Waals surface area contributed by atoms with Gasteiger partial charge in [0, 0.05) is 6.54 Å². The van der Waals surface area contributed by atoms with Crippen molar-refractivity contribution in [3.05, 3.63) is 0 Å². The number of amides is 1. The van der Waals surface area contributed by atoms with Crippen LogP contribution in [0.2, 0.25) is 0 Å². The van der Waals surface area contributed by atoms with E-state index < -0.39 is 0 Å². The van der Waals surface area contributed by atoms with E-state index in [0.717, 1.165) is 25.9 Å². The van der Waals surface area contributed by atoms with E-state index in [0.29, 0.717) is 18.4 Å². The van der Waals surface area contributed by atoms with Gasteiger partial charge in [-0.25, -0.2) is 0 Å². The molecule has 0 heterocycles. The normalized spacial score (nSPS) is 25.0. The topological polar surface area (TPSA) is 64.3 Å². The highest BCUT2D eigenvalue weighted by Crippen LogP contribution is 2.29. The number of carbonyl (C=O) groups excluding carboxylic acids is 1. The third-order valence-electron chi connectivity index (χ3n) is 4.13. The van der Waals surface area contributed by atoms with Gasteiger partial charge in [0.2, 0.25) is 5.91 Å². The second kappa shape index (κ2) is 9.32. The van der Waals surface area contributed by atoms with Crippen molar-refractivity contribution in [3.8, 4) is 0 Å². The molecule has 0 radical (unpaired) electrons. The molecule has 3 unspecified atom stereocenters. The number of hydrogen-bond acceptors (Lipinski definition) is 3. The van der Waals surface area contributed by atoms with Crippen LogP contribution in [0.1, 0.15) is 52.4 Å². The molecule has 19 heavy (non-hydrogen) atoms. The summed E-state index contributed by atoms with van der Waals surface area (Å²) in [6.07, 6.45) is 6.71. The summed E-state index contributed by atoms with van der Waals surface area (Å²) in [6.45, 7) is 6.11. The van der Waals surface area contributed by atoms with Gasteiger partial charge in [-0.15, -0.1) is 0 Å². The molecular formula is C15H30N2O2. The Bertz CT molecular complexity index is 259. The predicted octanol–water partition coefficient (Wildman–Crippen LogP) is 2.07. The van der Waals surface area contributed by atoms with Crippen molar-refractivity contribution in [2.45, 2.75) is 58.5 Å². The first-order valence-corrected chi connectivity index (χ1v) is 7.78. The minimum atomic E-state index is -0.350. The number of nitrogens with two attached hydrogens (primary N) is 1. The van der Waals surface area contributed by atoms with E-state index in [-0.39, 0.29) is 12.0 Å². The van der Waals surface area contributed by atoms with Crippen LogP contribution in [0.4, 0.5) is 0 Å². The highest BCUT2D eigenvalue weighted by atomic mass is 16.5. The SMILES string of the molecule is CCCCNC(=O)C(C)OCC1CCCCC1CN. The van der Waals surface area contributed by atoms with E-state index in [2.05, 4.69) is 12.2 Å². The lowest BCUT2D eigenvalue weighted by Gasteiger charge is -2.31. The van der Waals surface area contributed by atoms with Gasteiger partial charge in [0.25, 0.3) is 0 Å². The fourth-order valence-corrected chi connectivity index (χ4v) is 2.69. The number of carbonyl (C=O) groups is 1. The molecule has 0 spiro atoms. The maximum atomic E-state index is 11.8. The maximum absolute atomic E-state index is 11.8. The van der Waals surface area contributed by atoms with Gasteiger partial charge in [0.05, 0.1) is 6.61 Å². The molecule has 4 nitrogen and oxygen atoms in total. The second-order valence-electron chi connectivity index (χ2n) is 5.66. The third-order valence-corrected chi connectivity index (χ3v) is 4.13. The molecule has 1 aliphatic carbocycles. The third kappa shape index (κ3) is 5.91. The van der Waals surface area contributed by atoms with Crippen molar-refractivity contribution in [2.24, 2.45) is 17.6 Å². The lowest BCUT2D eigenvalue weighted by molar-refractivity contribution is -0.133. The van der Waals surface area contributed by atoms with E-state index in [1.807, 2.05) is 6.92 Å². The Morgan fingerprint density at radius 2 is 2.05 bits per heavy atom. The van der Waals surface area contributed by atoms with E-state index >= 15 is 0 Å². The highest BCUT2D eigenvalue weighted by molar-refractivity contribution is 5.80. The Morgan fingerprint density at radius 3 is 2.68 bits per heavy atom. The summed E-state index contributed by atoms with van der Waals surface area (Å²) >= 11 is 0. The number of ether oxygens (including phenoxy) is 1. The van der Waals surface area contributed by atoms with Crippen molar-refractivity contribution in [2.75, 3.05) is 19.7 Å². The van der Waals surface area contributed by atoms with Gasteiger partial charge < -0.3 is 15.8 Å². The van der Waals surface area contributed by atoms with Gasteiger partial charge >= 0.3 is 0 Å². The van der Waals surface area contributed by atoms with Crippen molar-refractivity contribution in [1.82, 2.24) is 5.32 Å². The number of hydrogen-bond donors (Lipinski definition) is 2. The number of rotatable bonds is 8. The Kier molecular flexibility index (Phi) is 8.07. The quantitative estimate of drug-likeness (QED) is 0.664. The Morgan fingerprint density at radius 1 is 1.37 bits per heavy atom. The van der Waals surface area contributed by atoms with Gasteiger partial charge in [-0.3, -0.25) is 4.79 Å². The van der Waals surface area contributed by atoms with Crippen molar-refractivity contribution >= 4 is 5.91 Å². The molecule has 0 aromatic heterocycles. The Hall–Kier alpha value is -0.610. The first kappa shape index (κ1) is 16.4. The molecule has 1 aliphatic rings. The molecule has 1 fully saturated rings. The van der Waals surface area contributed by atoms with Crippen molar-refractivity contribution in [3.63, 3.8) is 0 Å². The molecule has 4 heteroatoms. The smallest absolute Gasteiger partial charge is 0.248 e. The average molecular weight is 270 g/mol. The zero-order valence-corrected chi connectivity index (χ0v) is 12.5. The van der Waals surface area contributed by atoms with Gasteiger partial charge in [0.1, 0.15) is 6.10 Å². The van der Waals surface area contributed by atoms with Crippen LogP contribution in [-0.2, 0) is 9.53 Å². The standard InChI is InChI=1S/C15H30N2O2/c1-3-4-9-17-15(18)12(2)19-11-14-8-6-5-7-13(14)10-16/h12-14H,3-11,16H2,1-2H3,(H,17,18). The molecule has 1 saturated carbocycles. The highest BCUT2D eigenvalue weighted by Gasteiger charge is 2.25. The van der Waals surface area contributed by atoms with E-state index in [1.54, 1.807) is 0 Å². The van der Waals surface area contributed by atoms with Gasteiger partial charge in [0.15, 0.2) is 0 Å². The molecule has 0 aliphatic heterocycles. The number of unbranched alkanes of at least 4 members (excludes halogenated alkanes) is 1. The summed E-state index contributed by atoms with van der Waals surface area (Å²) in [4.78, 5) is 11.8. The Balaban J connectivity index is 2.24. The van der Waals surface area contributed by atoms with E-state index in [9.17, 15) is 4.79 Å². The summed E-state index contributed by atoms with van der Waals surface area (Å²) < 4.78 is 5.74. The zero-order valence-electron chi connectivity index (χ0n) is 12.5. The lowest BCUT2D eigenvalue weighted by Crippen LogP contribution is -2.37. The summed E-state index contributed by atoms with van der Waals surface area (Å²) in [5.74, 6) is 1.11. The van der Waals surface area contributed by atoms with Crippen LogP contribution >= 0.6 is 0 Å². The molecule has 0 saturated heterocycles. The fourth-order valence-electron chi connectivity index (χ4n) is 2.69. The molecule has 112 valence electrons.